The molecule has 0 spiro atoms. The Morgan fingerprint density at radius 3 is 2.71 bits per heavy atom. The number of carbonyl (C=O) groups is 1. The van der Waals surface area contributed by atoms with Crippen molar-refractivity contribution < 1.29 is 13.9 Å². The molecule has 2 aromatic rings. The zero-order valence-electron chi connectivity index (χ0n) is 9.44. The van der Waals surface area contributed by atoms with Crippen LogP contribution in [0.2, 0.25) is 0 Å². The van der Waals surface area contributed by atoms with Gasteiger partial charge >= 0.3 is 5.63 Å². The Bertz CT molecular complexity index is 630. The Labute approximate surface area is 97.0 Å². The fourth-order valence-electron chi connectivity index (χ4n) is 1.62. The molecule has 1 heterocycles. The molecule has 0 radical (unpaired) electrons. The van der Waals surface area contributed by atoms with Gasteiger partial charge in [-0.1, -0.05) is 12.1 Å². The van der Waals surface area contributed by atoms with Gasteiger partial charge in [-0.2, -0.15) is 0 Å². The van der Waals surface area contributed by atoms with Crippen molar-refractivity contribution in [3.05, 3.63) is 34.7 Å². The van der Waals surface area contributed by atoms with Gasteiger partial charge in [0.2, 0.25) is 5.91 Å². The first kappa shape index (κ1) is 11.2. The van der Waals surface area contributed by atoms with Gasteiger partial charge in [-0.05, 0) is 12.1 Å². The van der Waals surface area contributed by atoms with Crippen molar-refractivity contribution in [3.63, 3.8) is 0 Å². The van der Waals surface area contributed by atoms with Crippen molar-refractivity contribution in [2.45, 2.75) is 6.92 Å². The molecule has 2 rings (SSSR count). The molecule has 1 N–H and O–H groups in total. The lowest BCUT2D eigenvalue weighted by atomic mass is 10.2. The van der Waals surface area contributed by atoms with Crippen molar-refractivity contribution in [2.75, 3.05) is 12.4 Å². The highest BCUT2D eigenvalue weighted by molar-refractivity contribution is 5.95. The van der Waals surface area contributed by atoms with E-state index in [1.165, 1.54) is 14.0 Å². The molecule has 0 aliphatic heterocycles. The summed E-state index contributed by atoms with van der Waals surface area (Å²) in [5.41, 5.74) is -0.182. The number of carbonyl (C=O) groups excluding carboxylic acids is 1. The first-order valence-corrected chi connectivity index (χ1v) is 5.01. The van der Waals surface area contributed by atoms with Gasteiger partial charge in [0.25, 0.3) is 0 Å². The fraction of sp³-hybridized carbons (Fsp3) is 0.167. The first-order chi connectivity index (χ1) is 8.13. The Morgan fingerprint density at radius 1 is 1.35 bits per heavy atom. The third-order valence-electron chi connectivity index (χ3n) is 2.27. The topological polar surface area (TPSA) is 68.5 Å². The van der Waals surface area contributed by atoms with E-state index in [9.17, 15) is 9.59 Å². The van der Waals surface area contributed by atoms with Crippen LogP contribution in [0.25, 0.3) is 11.0 Å². The summed E-state index contributed by atoms with van der Waals surface area (Å²) < 4.78 is 10.3. The van der Waals surface area contributed by atoms with Crippen molar-refractivity contribution in [1.82, 2.24) is 0 Å². The van der Waals surface area contributed by atoms with E-state index in [0.717, 1.165) is 0 Å². The number of anilines is 1. The largest absolute Gasteiger partial charge is 0.494 e. The Morgan fingerprint density at radius 2 is 2.06 bits per heavy atom. The van der Waals surface area contributed by atoms with Gasteiger partial charge in [-0.25, -0.2) is 4.79 Å². The molecule has 0 fully saturated rings. The van der Waals surface area contributed by atoms with Gasteiger partial charge in [0.1, 0.15) is 5.58 Å². The molecule has 1 amide bonds. The molecule has 0 saturated carbocycles. The lowest BCUT2D eigenvalue weighted by molar-refractivity contribution is -0.114. The second-order valence-corrected chi connectivity index (χ2v) is 3.48. The molecular formula is C12H11NO4. The summed E-state index contributed by atoms with van der Waals surface area (Å²) in [6.45, 7) is 1.31. The molecule has 0 unspecified atom stereocenters. The van der Waals surface area contributed by atoms with Gasteiger partial charge in [0.05, 0.1) is 12.5 Å². The molecule has 0 saturated heterocycles. The van der Waals surface area contributed by atoms with Crippen molar-refractivity contribution >= 4 is 22.6 Å². The van der Waals surface area contributed by atoms with E-state index in [-0.39, 0.29) is 11.6 Å². The van der Waals surface area contributed by atoms with E-state index in [0.29, 0.717) is 16.7 Å². The summed E-state index contributed by atoms with van der Waals surface area (Å²) >= 11 is 0. The number of ether oxygens (including phenoxy) is 1. The monoisotopic (exact) mass is 233 g/mol. The summed E-state index contributed by atoms with van der Waals surface area (Å²) in [6.07, 6.45) is 0. The predicted octanol–water partition coefficient (Wildman–Crippen LogP) is 1.76. The normalized spacial score (nSPS) is 10.2. The molecule has 0 bridgehead atoms. The second-order valence-electron chi connectivity index (χ2n) is 3.48. The minimum absolute atomic E-state index is 0.0266. The number of methoxy groups -OCH3 is 1. The average molecular weight is 233 g/mol. The van der Waals surface area contributed by atoms with Crippen LogP contribution in [0.15, 0.2) is 33.5 Å². The summed E-state index contributed by atoms with van der Waals surface area (Å²) in [6, 6.07) is 6.96. The smallest absolute Gasteiger partial charge is 0.364 e. The average Bonchev–Trinajstić information content (AvgIpc) is 2.29. The molecule has 5 heteroatoms. The maximum Gasteiger partial charge on any atom is 0.364 e. The molecule has 5 nitrogen and oxygen atoms in total. The highest BCUT2D eigenvalue weighted by Crippen LogP contribution is 2.30. The van der Waals surface area contributed by atoms with Crippen LogP contribution >= 0.6 is 0 Å². The van der Waals surface area contributed by atoms with Crippen molar-refractivity contribution in [1.29, 1.82) is 0 Å². The number of hydrogen-bond acceptors (Lipinski definition) is 4. The van der Waals surface area contributed by atoms with E-state index in [4.69, 9.17) is 9.15 Å². The predicted molar refractivity (Wildman–Crippen MR) is 63.3 cm³/mol. The molecule has 88 valence electrons. The molecule has 17 heavy (non-hydrogen) atoms. The van der Waals surface area contributed by atoms with E-state index in [2.05, 4.69) is 5.32 Å². The lowest BCUT2D eigenvalue weighted by Crippen LogP contribution is -2.16. The Hall–Kier alpha value is -2.30. The highest BCUT2D eigenvalue weighted by Gasteiger charge is 2.15. The SMILES string of the molecule is COc1c(NC(C)=O)c(=O)oc2ccccc12. The number of para-hydroxylation sites is 1. The Kier molecular flexibility index (Phi) is 2.82. The maximum absolute atomic E-state index is 11.7. The number of rotatable bonds is 2. The van der Waals surface area contributed by atoms with E-state index in [1.54, 1.807) is 24.3 Å². The summed E-state index contributed by atoms with van der Waals surface area (Å²) in [5, 5.41) is 3.05. The number of fused-ring (bicyclic) bond motifs is 1. The minimum atomic E-state index is -0.629. The summed E-state index contributed by atoms with van der Waals surface area (Å²) in [5.74, 6) is -0.0436. The molecule has 0 aliphatic carbocycles. The summed E-state index contributed by atoms with van der Waals surface area (Å²) in [4.78, 5) is 22.7. The zero-order valence-corrected chi connectivity index (χ0v) is 9.44. The molecule has 0 atom stereocenters. The van der Waals surface area contributed by atoms with Crippen LogP contribution in [-0.4, -0.2) is 13.0 Å². The van der Waals surface area contributed by atoms with Gasteiger partial charge in [-0.3, -0.25) is 4.79 Å². The lowest BCUT2D eigenvalue weighted by Gasteiger charge is -2.09. The first-order valence-electron chi connectivity index (χ1n) is 5.01. The zero-order chi connectivity index (χ0) is 12.4. The minimum Gasteiger partial charge on any atom is -0.494 e. The molecular weight excluding hydrogens is 222 g/mol. The third kappa shape index (κ3) is 1.99. The number of nitrogens with one attached hydrogen (secondary N) is 1. The number of hydrogen-bond donors (Lipinski definition) is 1. The third-order valence-corrected chi connectivity index (χ3v) is 2.27. The van der Waals surface area contributed by atoms with Gasteiger partial charge in [-0.15, -0.1) is 0 Å². The van der Waals surface area contributed by atoms with Crippen molar-refractivity contribution in [3.8, 4) is 5.75 Å². The van der Waals surface area contributed by atoms with Crippen molar-refractivity contribution in [2.24, 2.45) is 0 Å². The van der Waals surface area contributed by atoms with Gasteiger partial charge < -0.3 is 14.5 Å². The maximum atomic E-state index is 11.7. The molecule has 0 aliphatic rings. The van der Waals surface area contributed by atoms with Crippen LogP contribution < -0.4 is 15.7 Å². The molecule has 1 aromatic carbocycles. The van der Waals surface area contributed by atoms with Gasteiger partial charge in [0.15, 0.2) is 11.4 Å². The van der Waals surface area contributed by atoms with E-state index in [1.807, 2.05) is 0 Å². The van der Waals surface area contributed by atoms with Crippen LogP contribution in [0.3, 0.4) is 0 Å². The van der Waals surface area contributed by atoms with Crippen LogP contribution in [0, 0.1) is 0 Å². The number of benzene rings is 1. The van der Waals surface area contributed by atoms with E-state index >= 15 is 0 Å². The molecule has 1 aromatic heterocycles. The standard InChI is InChI=1S/C12H11NO4/c1-7(14)13-10-11(16-2)8-5-3-4-6-9(8)17-12(10)15/h3-6H,1-2H3,(H,13,14). The fourth-order valence-corrected chi connectivity index (χ4v) is 1.62. The van der Waals surface area contributed by atoms with Crippen LogP contribution in [0.1, 0.15) is 6.92 Å². The highest BCUT2D eigenvalue weighted by atomic mass is 16.5. The quantitative estimate of drug-likeness (QED) is 0.802. The summed E-state index contributed by atoms with van der Waals surface area (Å²) in [7, 11) is 1.44. The Balaban J connectivity index is 2.78. The second kappa shape index (κ2) is 4.29. The van der Waals surface area contributed by atoms with Gasteiger partial charge in [0, 0.05) is 6.92 Å². The van der Waals surface area contributed by atoms with Crippen LogP contribution in [0.4, 0.5) is 5.69 Å². The van der Waals surface area contributed by atoms with Crippen LogP contribution in [0.5, 0.6) is 5.75 Å². The van der Waals surface area contributed by atoms with Crippen LogP contribution in [-0.2, 0) is 4.79 Å². The van der Waals surface area contributed by atoms with E-state index < -0.39 is 5.63 Å². The number of amides is 1.